The van der Waals surface area contributed by atoms with E-state index >= 15 is 0 Å². The molecule has 2 rings (SSSR count). The van der Waals surface area contributed by atoms with Crippen LogP contribution in [0.5, 0.6) is 11.5 Å². The number of carbonyl (C=O) groups is 1. The molecular weight excluding hydrogens is 308 g/mol. The Balaban J connectivity index is 2.02. The lowest BCUT2D eigenvalue weighted by Crippen LogP contribution is -2.13. The Morgan fingerprint density at radius 1 is 1.29 bits per heavy atom. The van der Waals surface area contributed by atoms with Crippen molar-refractivity contribution in [1.82, 2.24) is 4.98 Å². The number of rotatable bonds is 7. The van der Waals surface area contributed by atoms with E-state index in [4.69, 9.17) is 15.2 Å². The fraction of sp³-hybridized carbons (Fsp3) is 0.286. The molecule has 0 radical (unpaired) electrons. The molecule has 21 heavy (non-hydrogen) atoms. The van der Waals surface area contributed by atoms with E-state index in [1.807, 2.05) is 23.6 Å². The van der Waals surface area contributed by atoms with Crippen molar-refractivity contribution < 1.29 is 14.3 Å². The first-order valence-electron chi connectivity index (χ1n) is 6.18. The topological polar surface area (TPSA) is 74.4 Å². The molecular formula is C14H16N2O3S2. The third-order valence-corrected chi connectivity index (χ3v) is 4.80. The molecule has 0 unspecified atom stereocenters. The predicted octanol–water partition coefficient (Wildman–Crippen LogP) is 2.48. The van der Waals surface area contributed by atoms with Gasteiger partial charge in [-0.25, -0.2) is 4.98 Å². The molecule has 0 aliphatic heterocycles. The second kappa shape index (κ2) is 7.33. The third kappa shape index (κ3) is 4.64. The minimum Gasteiger partial charge on any atom is -0.497 e. The zero-order valence-electron chi connectivity index (χ0n) is 11.8. The average Bonchev–Trinajstić information content (AvgIpc) is 2.91. The van der Waals surface area contributed by atoms with Crippen molar-refractivity contribution in [1.29, 1.82) is 0 Å². The van der Waals surface area contributed by atoms with Crippen molar-refractivity contribution in [2.75, 3.05) is 14.2 Å². The van der Waals surface area contributed by atoms with Gasteiger partial charge in [-0.2, -0.15) is 0 Å². The molecule has 112 valence electrons. The molecule has 0 saturated carbocycles. The Morgan fingerprint density at radius 3 is 2.52 bits per heavy atom. The van der Waals surface area contributed by atoms with Crippen LogP contribution in [-0.2, 0) is 17.0 Å². The molecule has 0 aliphatic rings. The second-order valence-electron chi connectivity index (χ2n) is 4.26. The second-order valence-corrected chi connectivity index (χ2v) is 6.34. The maximum atomic E-state index is 10.9. The first-order chi connectivity index (χ1) is 10.1. The highest BCUT2D eigenvalue weighted by Gasteiger charge is 2.07. The predicted molar refractivity (Wildman–Crippen MR) is 84.1 cm³/mol. The van der Waals surface area contributed by atoms with Crippen LogP contribution in [-0.4, -0.2) is 25.1 Å². The van der Waals surface area contributed by atoms with E-state index in [1.165, 1.54) is 11.3 Å². The lowest BCUT2D eigenvalue weighted by molar-refractivity contribution is -0.117. The van der Waals surface area contributed by atoms with Crippen LogP contribution in [0.1, 0.15) is 11.3 Å². The number of nitrogens with two attached hydrogens (primary N) is 1. The van der Waals surface area contributed by atoms with Gasteiger partial charge in [0, 0.05) is 17.2 Å². The van der Waals surface area contributed by atoms with E-state index in [1.54, 1.807) is 26.0 Å². The van der Waals surface area contributed by atoms with Gasteiger partial charge in [0.1, 0.15) is 15.8 Å². The number of nitrogens with zero attached hydrogens (tertiary/aromatic N) is 1. The fourth-order valence-electron chi connectivity index (χ4n) is 1.71. The van der Waals surface area contributed by atoms with Gasteiger partial charge < -0.3 is 15.2 Å². The Bertz CT molecular complexity index is 606. The van der Waals surface area contributed by atoms with E-state index < -0.39 is 0 Å². The van der Waals surface area contributed by atoms with Crippen LogP contribution in [0.3, 0.4) is 0 Å². The number of amides is 1. The van der Waals surface area contributed by atoms with Gasteiger partial charge in [0.15, 0.2) is 0 Å². The summed E-state index contributed by atoms with van der Waals surface area (Å²) >= 11 is 3.12. The molecule has 0 aliphatic carbocycles. The first kappa shape index (κ1) is 15.7. The fourth-order valence-corrected chi connectivity index (χ4v) is 3.48. The van der Waals surface area contributed by atoms with Gasteiger partial charge in [0.25, 0.3) is 0 Å². The summed E-state index contributed by atoms with van der Waals surface area (Å²) in [5.41, 5.74) is 6.96. The number of thiazole rings is 1. The minimum absolute atomic E-state index is 0.185. The number of benzene rings is 1. The Hall–Kier alpha value is -1.73. The van der Waals surface area contributed by atoms with Crippen LogP contribution >= 0.6 is 23.1 Å². The summed E-state index contributed by atoms with van der Waals surface area (Å²) in [6.07, 6.45) is 0.185. The van der Waals surface area contributed by atoms with Gasteiger partial charge >= 0.3 is 0 Å². The summed E-state index contributed by atoms with van der Waals surface area (Å²) in [6, 6.07) is 5.77. The Morgan fingerprint density at radius 2 is 1.95 bits per heavy atom. The van der Waals surface area contributed by atoms with Crippen molar-refractivity contribution in [3.8, 4) is 11.5 Å². The number of thioether (sulfide) groups is 1. The molecule has 1 aromatic heterocycles. The summed E-state index contributed by atoms with van der Waals surface area (Å²) in [5.74, 6) is 1.91. The van der Waals surface area contributed by atoms with Crippen molar-refractivity contribution in [2.45, 2.75) is 16.5 Å². The standard InChI is InChI=1S/C14H16N2O3S2/c1-18-11-3-9(4-12(6-11)19-2)7-20-14-16-10(8-21-14)5-13(15)17/h3-4,6,8H,5,7H2,1-2H3,(H2,15,17). The van der Waals surface area contributed by atoms with Crippen molar-refractivity contribution in [3.63, 3.8) is 0 Å². The summed E-state index contributed by atoms with van der Waals surface area (Å²) in [7, 11) is 3.26. The van der Waals surface area contributed by atoms with Gasteiger partial charge in [0.2, 0.25) is 5.91 Å². The molecule has 5 nitrogen and oxygen atoms in total. The number of carbonyl (C=O) groups excluding carboxylic acids is 1. The SMILES string of the molecule is COc1cc(CSc2nc(CC(N)=O)cs2)cc(OC)c1. The molecule has 0 spiro atoms. The number of hydrogen-bond acceptors (Lipinski definition) is 6. The lowest BCUT2D eigenvalue weighted by Gasteiger charge is -2.07. The highest BCUT2D eigenvalue weighted by molar-refractivity contribution is 8.00. The molecule has 0 saturated heterocycles. The molecule has 2 N–H and O–H groups in total. The zero-order valence-corrected chi connectivity index (χ0v) is 13.4. The minimum atomic E-state index is -0.366. The highest BCUT2D eigenvalue weighted by atomic mass is 32.2. The summed E-state index contributed by atoms with van der Waals surface area (Å²) < 4.78 is 11.4. The lowest BCUT2D eigenvalue weighted by atomic mass is 10.2. The molecule has 1 aromatic carbocycles. The van der Waals surface area contributed by atoms with Crippen LogP contribution in [0.15, 0.2) is 27.9 Å². The van der Waals surface area contributed by atoms with Crippen molar-refractivity contribution in [2.24, 2.45) is 5.73 Å². The van der Waals surface area contributed by atoms with Gasteiger partial charge in [0.05, 0.1) is 26.3 Å². The molecule has 0 bridgehead atoms. The van der Waals surface area contributed by atoms with Gasteiger partial charge in [-0.05, 0) is 17.7 Å². The zero-order chi connectivity index (χ0) is 15.2. The monoisotopic (exact) mass is 324 g/mol. The Labute approximate surface area is 131 Å². The third-order valence-electron chi connectivity index (χ3n) is 2.66. The maximum absolute atomic E-state index is 10.9. The van der Waals surface area contributed by atoms with E-state index in [0.29, 0.717) is 0 Å². The van der Waals surface area contributed by atoms with Gasteiger partial charge in [-0.1, -0.05) is 11.8 Å². The molecule has 0 fully saturated rings. The van der Waals surface area contributed by atoms with E-state index in [0.717, 1.165) is 32.8 Å². The largest absolute Gasteiger partial charge is 0.497 e. The smallest absolute Gasteiger partial charge is 0.223 e. The molecule has 1 amide bonds. The molecule has 0 atom stereocenters. The van der Waals surface area contributed by atoms with E-state index in [-0.39, 0.29) is 12.3 Å². The number of ether oxygens (including phenoxy) is 2. The average molecular weight is 324 g/mol. The van der Waals surface area contributed by atoms with Crippen LogP contribution in [0.25, 0.3) is 0 Å². The number of aromatic nitrogens is 1. The Kier molecular flexibility index (Phi) is 5.46. The number of primary amides is 1. The summed E-state index contributed by atoms with van der Waals surface area (Å²) in [4.78, 5) is 15.2. The van der Waals surface area contributed by atoms with Crippen LogP contribution in [0.2, 0.25) is 0 Å². The van der Waals surface area contributed by atoms with Gasteiger partial charge in [-0.3, -0.25) is 4.79 Å². The van der Waals surface area contributed by atoms with Gasteiger partial charge in [-0.15, -0.1) is 11.3 Å². The quantitative estimate of drug-likeness (QED) is 0.792. The number of methoxy groups -OCH3 is 2. The molecule has 7 heteroatoms. The van der Waals surface area contributed by atoms with Crippen molar-refractivity contribution >= 4 is 29.0 Å². The highest BCUT2D eigenvalue weighted by Crippen LogP contribution is 2.30. The summed E-state index contributed by atoms with van der Waals surface area (Å²) in [6.45, 7) is 0. The van der Waals surface area contributed by atoms with Crippen LogP contribution < -0.4 is 15.2 Å². The normalized spacial score (nSPS) is 10.4. The van der Waals surface area contributed by atoms with E-state index in [2.05, 4.69) is 4.98 Å². The van der Waals surface area contributed by atoms with E-state index in [9.17, 15) is 4.79 Å². The maximum Gasteiger partial charge on any atom is 0.223 e. The molecule has 2 aromatic rings. The van der Waals surface area contributed by atoms with Crippen LogP contribution in [0, 0.1) is 0 Å². The summed E-state index contributed by atoms with van der Waals surface area (Å²) in [5, 5.41) is 1.86. The van der Waals surface area contributed by atoms with Crippen LogP contribution in [0.4, 0.5) is 0 Å². The molecule has 1 heterocycles. The van der Waals surface area contributed by atoms with Crippen molar-refractivity contribution in [3.05, 3.63) is 34.8 Å². The number of hydrogen-bond donors (Lipinski definition) is 1. The first-order valence-corrected chi connectivity index (χ1v) is 8.04.